The molecule has 0 spiro atoms. The normalized spacial score (nSPS) is 12.4. The predicted octanol–water partition coefficient (Wildman–Crippen LogP) is 4.20. The molecule has 0 amide bonds. The van der Waals surface area contributed by atoms with E-state index in [1.165, 1.54) is 18.2 Å². The summed E-state index contributed by atoms with van der Waals surface area (Å²) in [4.78, 5) is 8.24. The molecule has 3 rings (SSSR count). The van der Waals surface area contributed by atoms with E-state index in [-0.39, 0.29) is 11.6 Å². The minimum absolute atomic E-state index is 0.165. The van der Waals surface area contributed by atoms with Crippen LogP contribution in [-0.4, -0.2) is 10.9 Å². The molecule has 0 saturated carbocycles. The largest absolute Gasteiger partial charge is 0.418 e. The van der Waals surface area contributed by atoms with Gasteiger partial charge in [-0.3, -0.25) is 4.98 Å². The molecule has 5 N–H and O–H groups in total. The van der Waals surface area contributed by atoms with Crippen LogP contribution in [0.25, 0.3) is 10.9 Å². The maximum Gasteiger partial charge on any atom is 0.418 e. The lowest BCUT2D eigenvalue weighted by molar-refractivity contribution is -0.137. The van der Waals surface area contributed by atoms with Crippen LogP contribution in [0.3, 0.4) is 0 Å². The van der Waals surface area contributed by atoms with Gasteiger partial charge in [0.25, 0.3) is 0 Å². The first-order valence-electron chi connectivity index (χ1n) is 7.68. The number of guanidine groups is 1. The summed E-state index contributed by atoms with van der Waals surface area (Å²) in [5.74, 6) is -0.165. The molecule has 0 atom stereocenters. The summed E-state index contributed by atoms with van der Waals surface area (Å²) >= 11 is 0. The molecule has 0 radical (unpaired) electrons. The molecule has 2 aromatic carbocycles. The molecule has 1 aromatic heterocycles. The fraction of sp³-hybridized carbons (Fsp3) is 0.111. The Balaban J connectivity index is 1.92. The number of pyridine rings is 1. The minimum atomic E-state index is -4.51. The predicted molar refractivity (Wildman–Crippen MR) is 97.2 cm³/mol. The fourth-order valence-corrected chi connectivity index (χ4v) is 2.59. The van der Waals surface area contributed by atoms with Gasteiger partial charge in [-0.25, -0.2) is 4.99 Å². The molecule has 134 valence electrons. The fourth-order valence-electron chi connectivity index (χ4n) is 2.59. The minimum Gasteiger partial charge on any atom is -0.398 e. The number of hydrogen-bond donors (Lipinski definition) is 3. The topological polar surface area (TPSA) is 89.3 Å². The molecule has 0 bridgehead atoms. The van der Waals surface area contributed by atoms with Crippen LogP contribution in [0.15, 0.2) is 53.5 Å². The number of para-hydroxylation sites is 1. The zero-order valence-corrected chi connectivity index (χ0v) is 13.8. The Morgan fingerprint density at radius 1 is 1.12 bits per heavy atom. The van der Waals surface area contributed by atoms with Crippen LogP contribution in [-0.2, 0) is 6.18 Å². The van der Waals surface area contributed by atoms with E-state index >= 15 is 0 Å². The number of rotatable bonds is 2. The van der Waals surface area contributed by atoms with Gasteiger partial charge in [0.1, 0.15) is 0 Å². The molecule has 0 saturated heterocycles. The number of hydrogen-bond acceptors (Lipinski definition) is 3. The Morgan fingerprint density at radius 3 is 2.58 bits per heavy atom. The molecule has 3 aromatic rings. The van der Waals surface area contributed by atoms with Crippen LogP contribution in [0, 0.1) is 6.92 Å². The third-order valence-electron chi connectivity index (χ3n) is 3.69. The Hall–Kier alpha value is -3.29. The number of nitrogens with zero attached hydrogens (tertiary/aromatic N) is 2. The monoisotopic (exact) mass is 359 g/mol. The molecule has 0 aliphatic heterocycles. The third-order valence-corrected chi connectivity index (χ3v) is 3.69. The number of alkyl halides is 3. The van der Waals surface area contributed by atoms with E-state index in [1.807, 2.05) is 6.92 Å². The highest BCUT2D eigenvalue weighted by molar-refractivity contribution is 5.98. The first-order chi connectivity index (χ1) is 12.2. The van der Waals surface area contributed by atoms with Crippen molar-refractivity contribution in [2.24, 2.45) is 10.7 Å². The van der Waals surface area contributed by atoms with Crippen molar-refractivity contribution in [1.29, 1.82) is 0 Å². The molecule has 1 heterocycles. The van der Waals surface area contributed by atoms with Crippen molar-refractivity contribution in [1.82, 2.24) is 4.98 Å². The summed E-state index contributed by atoms with van der Waals surface area (Å²) in [7, 11) is 0. The molecule has 0 fully saturated rings. The van der Waals surface area contributed by atoms with Gasteiger partial charge in [-0.2, -0.15) is 13.2 Å². The van der Waals surface area contributed by atoms with Crippen LogP contribution in [0.5, 0.6) is 0 Å². The zero-order valence-electron chi connectivity index (χ0n) is 13.8. The van der Waals surface area contributed by atoms with Gasteiger partial charge in [0.15, 0.2) is 5.96 Å². The van der Waals surface area contributed by atoms with E-state index in [4.69, 9.17) is 11.5 Å². The van der Waals surface area contributed by atoms with Crippen molar-refractivity contribution in [2.75, 3.05) is 11.1 Å². The second-order valence-electron chi connectivity index (χ2n) is 5.72. The van der Waals surface area contributed by atoms with Crippen LogP contribution in [0.4, 0.5) is 30.2 Å². The molecule has 0 unspecified atom stereocenters. The van der Waals surface area contributed by atoms with E-state index in [2.05, 4.69) is 15.3 Å². The number of nitrogens with one attached hydrogen (secondary N) is 1. The molecule has 26 heavy (non-hydrogen) atoms. The highest BCUT2D eigenvalue weighted by Crippen LogP contribution is 2.36. The molecular formula is C18H16F3N5. The number of anilines is 2. The summed E-state index contributed by atoms with van der Waals surface area (Å²) in [6.07, 6.45) is -4.51. The summed E-state index contributed by atoms with van der Waals surface area (Å²) in [5.41, 5.74) is 13.2. The third kappa shape index (κ3) is 3.69. The average molecular weight is 359 g/mol. The highest BCUT2D eigenvalue weighted by atomic mass is 19.4. The summed E-state index contributed by atoms with van der Waals surface area (Å²) in [5, 5.41) is 3.56. The molecule has 5 nitrogen and oxygen atoms in total. The first-order valence-corrected chi connectivity index (χ1v) is 7.68. The zero-order chi connectivity index (χ0) is 18.9. The lowest BCUT2D eigenvalue weighted by Gasteiger charge is -2.11. The van der Waals surface area contributed by atoms with Gasteiger partial charge in [0, 0.05) is 22.5 Å². The number of aliphatic imine (C=N–C) groups is 1. The summed E-state index contributed by atoms with van der Waals surface area (Å²) < 4.78 is 39.1. The quantitative estimate of drug-likeness (QED) is 0.472. The van der Waals surface area contributed by atoms with Gasteiger partial charge in [-0.05, 0) is 43.3 Å². The lowest BCUT2D eigenvalue weighted by Crippen LogP contribution is -2.22. The Morgan fingerprint density at radius 2 is 1.85 bits per heavy atom. The van der Waals surface area contributed by atoms with Crippen LogP contribution >= 0.6 is 0 Å². The first kappa shape index (κ1) is 17.5. The number of halogens is 3. The van der Waals surface area contributed by atoms with Gasteiger partial charge < -0.3 is 16.8 Å². The van der Waals surface area contributed by atoms with E-state index < -0.39 is 11.7 Å². The van der Waals surface area contributed by atoms with Gasteiger partial charge in [-0.15, -0.1) is 0 Å². The van der Waals surface area contributed by atoms with Crippen molar-refractivity contribution in [3.63, 3.8) is 0 Å². The van der Waals surface area contributed by atoms with Crippen LogP contribution < -0.4 is 16.8 Å². The van der Waals surface area contributed by atoms with Crippen molar-refractivity contribution >= 4 is 33.9 Å². The Kier molecular flexibility index (Phi) is 4.41. The van der Waals surface area contributed by atoms with E-state index in [0.717, 1.165) is 17.1 Å². The van der Waals surface area contributed by atoms with Gasteiger partial charge in [-0.1, -0.05) is 12.1 Å². The summed E-state index contributed by atoms with van der Waals surface area (Å²) in [6.45, 7) is 1.82. The van der Waals surface area contributed by atoms with Gasteiger partial charge in [0.05, 0.1) is 16.8 Å². The Bertz CT molecular complexity index is 996. The maximum atomic E-state index is 13.0. The van der Waals surface area contributed by atoms with Crippen molar-refractivity contribution < 1.29 is 13.2 Å². The second-order valence-corrected chi connectivity index (χ2v) is 5.72. The van der Waals surface area contributed by atoms with Crippen LogP contribution in [0.2, 0.25) is 0 Å². The number of nitrogen functional groups attached to an aromatic ring is 1. The highest BCUT2D eigenvalue weighted by Gasteiger charge is 2.33. The lowest BCUT2D eigenvalue weighted by atomic mass is 10.1. The molecule has 0 aliphatic carbocycles. The average Bonchev–Trinajstić information content (AvgIpc) is 2.53. The number of aryl methyl sites for hydroxylation is 1. The second kappa shape index (κ2) is 6.55. The number of nitrogens with two attached hydrogens (primary N) is 2. The number of benzene rings is 2. The van der Waals surface area contributed by atoms with Gasteiger partial charge >= 0.3 is 6.18 Å². The van der Waals surface area contributed by atoms with Crippen molar-refractivity contribution in [2.45, 2.75) is 13.1 Å². The van der Waals surface area contributed by atoms with Crippen LogP contribution in [0.1, 0.15) is 11.3 Å². The van der Waals surface area contributed by atoms with Crippen molar-refractivity contribution in [3.05, 3.63) is 59.8 Å². The number of fused-ring (bicyclic) bond motifs is 1. The number of aromatic nitrogens is 1. The van der Waals surface area contributed by atoms with E-state index in [9.17, 15) is 13.2 Å². The SMILES string of the molecule is Cc1cc(N)c2ccc(NC(N)=Nc3ccccc3C(F)(F)F)cc2n1. The van der Waals surface area contributed by atoms with Gasteiger partial charge in [0.2, 0.25) is 0 Å². The van der Waals surface area contributed by atoms with Crippen molar-refractivity contribution in [3.8, 4) is 0 Å². The van der Waals surface area contributed by atoms with E-state index in [1.54, 1.807) is 24.3 Å². The standard InChI is InChI=1S/C18H16F3N5/c1-10-8-14(22)12-7-6-11(9-16(12)24-10)25-17(23)26-15-5-3-2-4-13(15)18(19,20)21/h2-9H,1H3,(H2,22,24)(H3,23,25,26). The Labute approximate surface area is 147 Å². The van der Waals surface area contributed by atoms with E-state index in [0.29, 0.717) is 16.9 Å². The maximum absolute atomic E-state index is 13.0. The molecule has 8 heteroatoms. The molecule has 0 aliphatic rings. The summed E-state index contributed by atoms with van der Waals surface area (Å²) in [6, 6.07) is 11.9. The molecular weight excluding hydrogens is 343 g/mol. The smallest absolute Gasteiger partial charge is 0.398 e.